The third-order valence-electron chi connectivity index (χ3n) is 3.70. The Labute approximate surface area is 96.0 Å². The normalized spacial score (nSPS) is 22.1. The number of aryl methyl sites for hydroxylation is 1. The fourth-order valence-electron chi connectivity index (χ4n) is 2.79. The van der Waals surface area contributed by atoms with Gasteiger partial charge in [0.1, 0.15) is 0 Å². The molecule has 0 unspecified atom stereocenters. The Bertz CT molecular complexity index is 380. The molecule has 1 fully saturated rings. The minimum absolute atomic E-state index is 0.552. The lowest BCUT2D eigenvalue weighted by molar-refractivity contribution is 0.0651. The minimum atomic E-state index is 0.552. The van der Waals surface area contributed by atoms with Gasteiger partial charge in [0.2, 0.25) is 0 Å². The van der Waals surface area contributed by atoms with E-state index in [2.05, 4.69) is 16.9 Å². The molecule has 0 spiro atoms. The third-order valence-corrected chi connectivity index (χ3v) is 3.70. The van der Waals surface area contributed by atoms with Crippen molar-refractivity contribution in [2.45, 2.75) is 38.8 Å². The molecule has 3 rings (SSSR count). The zero-order valence-corrected chi connectivity index (χ0v) is 9.83. The molecule has 88 valence electrons. The summed E-state index contributed by atoms with van der Waals surface area (Å²) in [5.41, 5.74) is 4.11. The van der Waals surface area contributed by atoms with Crippen molar-refractivity contribution in [3.8, 4) is 0 Å². The molecule has 0 bridgehead atoms. The van der Waals surface area contributed by atoms with Crippen LogP contribution in [0.3, 0.4) is 0 Å². The third kappa shape index (κ3) is 1.66. The molecule has 1 saturated heterocycles. The van der Waals surface area contributed by atoms with Crippen LogP contribution in [0.5, 0.6) is 0 Å². The van der Waals surface area contributed by atoms with E-state index in [1.54, 1.807) is 0 Å². The fourth-order valence-corrected chi connectivity index (χ4v) is 2.79. The number of hydrogen-bond donors (Lipinski definition) is 1. The van der Waals surface area contributed by atoms with Crippen molar-refractivity contribution in [1.29, 1.82) is 0 Å². The van der Waals surface area contributed by atoms with Crippen LogP contribution < -0.4 is 5.32 Å². The number of nitrogens with one attached hydrogen (secondary N) is 1. The second-order valence-corrected chi connectivity index (χ2v) is 4.73. The van der Waals surface area contributed by atoms with E-state index in [-0.39, 0.29) is 0 Å². The fraction of sp³-hybridized carbons (Fsp3) is 0.750. The van der Waals surface area contributed by atoms with E-state index in [1.165, 1.54) is 17.0 Å². The summed E-state index contributed by atoms with van der Waals surface area (Å²) in [6, 6.07) is 0.552. The van der Waals surface area contributed by atoms with Crippen LogP contribution in [0.1, 0.15) is 35.8 Å². The van der Waals surface area contributed by atoms with E-state index in [4.69, 9.17) is 9.84 Å². The molecule has 1 N–H and O–H groups in total. The lowest BCUT2D eigenvalue weighted by Crippen LogP contribution is -2.28. The molecule has 4 heteroatoms. The maximum atomic E-state index is 5.42. The van der Waals surface area contributed by atoms with Crippen molar-refractivity contribution in [3.63, 3.8) is 0 Å². The first-order chi connectivity index (χ1) is 7.86. The molecule has 1 aromatic rings. The van der Waals surface area contributed by atoms with Gasteiger partial charge in [-0.3, -0.25) is 4.68 Å². The molecule has 2 aliphatic rings. The monoisotopic (exact) mass is 221 g/mol. The molecule has 16 heavy (non-hydrogen) atoms. The van der Waals surface area contributed by atoms with E-state index in [0.29, 0.717) is 6.04 Å². The van der Waals surface area contributed by atoms with Crippen molar-refractivity contribution in [3.05, 3.63) is 17.0 Å². The molecule has 1 aromatic heterocycles. The van der Waals surface area contributed by atoms with E-state index >= 15 is 0 Å². The summed E-state index contributed by atoms with van der Waals surface area (Å²) < 4.78 is 7.68. The standard InChI is InChI=1S/C12H19N3O/c1-9-11-2-5-13-8-12(11)15(14-9)10-3-6-16-7-4-10/h10,13H,2-8H2,1H3. The molecule has 2 aliphatic heterocycles. The Hall–Kier alpha value is -0.870. The first-order valence-corrected chi connectivity index (χ1v) is 6.21. The quantitative estimate of drug-likeness (QED) is 0.774. The molecule has 4 nitrogen and oxygen atoms in total. The molecular formula is C12H19N3O. The van der Waals surface area contributed by atoms with Crippen LogP contribution in [-0.2, 0) is 17.7 Å². The van der Waals surface area contributed by atoms with Gasteiger partial charge in [0, 0.05) is 19.8 Å². The van der Waals surface area contributed by atoms with Crippen molar-refractivity contribution in [1.82, 2.24) is 15.1 Å². The van der Waals surface area contributed by atoms with E-state index in [9.17, 15) is 0 Å². The van der Waals surface area contributed by atoms with Gasteiger partial charge >= 0.3 is 0 Å². The van der Waals surface area contributed by atoms with Crippen LogP contribution in [0.25, 0.3) is 0 Å². The highest BCUT2D eigenvalue weighted by atomic mass is 16.5. The Morgan fingerprint density at radius 3 is 3.00 bits per heavy atom. The van der Waals surface area contributed by atoms with Gasteiger partial charge in [-0.1, -0.05) is 0 Å². The average Bonchev–Trinajstić information content (AvgIpc) is 2.69. The zero-order chi connectivity index (χ0) is 11.0. The van der Waals surface area contributed by atoms with Crippen molar-refractivity contribution in [2.75, 3.05) is 19.8 Å². The number of nitrogens with zero attached hydrogens (tertiary/aromatic N) is 2. The van der Waals surface area contributed by atoms with Gasteiger partial charge in [-0.25, -0.2) is 0 Å². The first kappa shape index (κ1) is 10.3. The molecular weight excluding hydrogens is 202 g/mol. The van der Waals surface area contributed by atoms with Crippen molar-refractivity contribution in [2.24, 2.45) is 0 Å². The highest BCUT2D eigenvalue weighted by molar-refractivity contribution is 5.28. The van der Waals surface area contributed by atoms with Crippen LogP contribution in [0, 0.1) is 6.92 Å². The highest BCUT2D eigenvalue weighted by Gasteiger charge is 2.24. The summed E-state index contributed by atoms with van der Waals surface area (Å²) in [6.45, 7) is 5.97. The molecule has 0 radical (unpaired) electrons. The van der Waals surface area contributed by atoms with Crippen LogP contribution in [-0.4, -0.2) is 29.5 Å². The summed E-state index contributed by atoms with van der Waals surface area (Å²) in [5, 5.41) is 8.18. The molecule has 0 amide bonds. The highest BCUT2D eigenvalue weighted by Crippen LogP contribution is 2.26. The lowest BCUT2D eigenvalue weighted by Gasteiger charge is -2.25. The number of fused-ring (bicyclic) bond motifs is 1. The van der Waals surface area contributed by atoms with E-state index in [0.717, 1.165) is 45.6 Å². The number of aromatic nitrogens is 2. The van der Waals surface area contributed by atoms with Gasteiger partial charge in [0.15, 0.2) is 0 Å². The molecule has 0 atom stereocenters. The largest absolute Gasteiger partial charge is 0.381 e. The Balaban J connectivity index is 1.93. The number of ether oxygens (including phenoxy) is 1. The summed E-state index contributed by atoms with van der Waals surface area (Å²) in [4.78, 5) is 0. The Morgan fingerprint density at radius 2 is 2.19 bits per heavy atom. The topological polar surface area (TPSA) is 39.1 Å². The summed E-state index contributed by atoms with van der Waals surface area (Å²) in [7, 11) is 0. The second kappa shape index (κ2) is 4.18. The summed E-state index contributed by atoms with van der Waals surface area (Å²) >= 11 is 0. The minimum Gasteiger partial charge on any atom is -0.381 e. The maximum Gasteiger partial charge on any atom is 0.0629 e. The van der Waals surface area contributed by atoms with Gasteiger partial charge in [-0.05, 0) is 38.3 Å². The van der Waals surface area contributed by atoms with Gasteiger partial charge in [-0.15, -0.1) is 0 Å². The molecule has 0 aliphatic carbocycles. The molecule has 3 heterocycles. The molecule has 0 aromatic carbocycles. The summed E-state index contributed by atoms with van der Waals surface area (Å²) in [6.07, 6.45) is 3.34. The Morgan fingerprint density at radius 1 is 1.38 bits per heavy atom. The Kier molecular flexibility index (Phi) is 2.69. The predicted octanol–water partition coefficient (Wildman–Crippen LogP) is 1.19. The second-order valence-electron chi connectivity index (χ2n) is 4.73. The number of rotatable bonds is 1. The summed E-state index contributed by atoms with van der Waals surface area (Å²) in [5.74, 6) is 0. The van der Waals surface area contributed by atoms with Crippen LogP contribution in [0.4, 0.5) is 0 Å². The van der Waals surface area contributed by atoms with Crippen LogP contribution >= 0.6 is 0 Å². The van der Waals surface area contributed by atoms with E-state index < -0.39 is 0 Å². The van der Waals surface area contributed by atoms with E-state index in [1.807, 2.05) is 0 Å². The van der Waals surface area contributed by atoms with Gasteiger partial charge in [0.05, 0.1) is 17.4 Å². The predicted molar refractivity (Wildman–Crippen MR) is 61.5 cm³/mol. The number of hydrogen-bond acceptors (Lipinski definition) is 3. The zero-order valence-electron chi connectivity index (χ0n) is 9.83. The van der Waals surface area contributed by atoms with Gasteiger partial charge < -0.3 is 10.1 Å². The van der Waals surface area contributed by atoms with Crippen molar-refractivity contribution >= 4 is 0 Å². The van der Waals surface area contributed by atoms with Crippen molar-refractivity contribution < 1.29 is 4.74 Å². The first-order valence-electron chi connectivity index (χ1n) is 6.21. The SMILES string of the molecule is Cc1nn(C2CCOCC2)c2c1CCNC2. The van der Waals surface area contributed by atoms with Gasteiger partial charge in [0.25, 0.3) is 0 Å². The average molecular weight is 221 g/mol. The lowest BCUT2D eigenvalue weighted by atomic mass is 10.0. The smallest absolute Gasteiger partial charge is 0.0629 e. The van der Waals surface area contributed by atoms with Crippen LogP contribution in [0.15, 0.2) is 0 Å². The maximum absolute atomic E-state index is 5.42. The van der Waals surface area contributed by atoms with Gasteiger partial charge in [-0.2, -0.15) is 5.10 Å². The van der Waals surface area contributed by atoms with Crippen LogP contribution in [0.2, 0.25) is 0 Å². The molecule has 0 saturated carbocycles.